The average Bonchev–Trinajstić information content (AvgIpc) is 2.07. The fourth-order valence-electron chi connectivity index (χ4n) is 1.04. The zero-order chi connectivity index (χ0) is 8.97. The summed E-state index contributed by atoms with van der Waals surface area (Å²) in [6, 6.07) is 0. The number of rotatable bonds is 2. The number of halogens is 1. The van der Waals surface area contributed by atoms with Gasteiger partial charge >= 0.3 is 0 Å². The van der Waals surface area contributed by atoms with Crippen LogP contribution < -0.4 is 5.73 Å². The Kier molecular flexibility index (Phi) is 3.53. The molecule has 0 spiro atoms. The Morgan fingerprint density at radius 1 is 1.83 bits per heavy atom. The van der Waals surface area contributed by atoms with E-state index in [-0.39, 0.29) is 0 Å². The first-order valence-electron chi connectivity index (χ1n) is 4.04. The van der Waals surface area contributed by atoms with Crippen molar-refractivity contribution in [2.24, 2.45) is 10.7 Å². The molecule has 2 N–H and O–H groups in total. The Balaban J connectivity index is 2.72. The molecule has 3 heteroatoms. The molecule has 0 saturated heterocycles. The molecule has 0 radical (unpaired) electrons. The summed E-state index contributed by atoms with van der Waals surface area (Å²) in [4.78, 5) is 4.57. The first-order chi connectivity index (χ1) is 5.74. The first kappa shape index (κ1) is 9.52. The zero-order valence-electron chi connectivity index (χ0n) is 7.13. The highest BCUT2D eigenvalue weighted by Crippen LogP contribution is 2.20. The van der Waals surface area contributed by atoms with Crippen LogP contribution in [0.4, 0.5) is 0 Å². The van der Waals surface area contributed by atoms with E-state index in [1.165, 1.54) is 0 Å². The molecule has 0 aromatic carbocycles. The van der Waals surface area contributed by atoms with Gasteiger partial charge in [0.2, 0.25) is 0 Å². The lowest BCUT2D eigenvalue weighted by molar-refractivity contribution is 1.01. The summed E-state index contributed by atoms with van der Waals surface area (Å²) in [5.41, 5.74) is 7.72. The van der Waals surface area contributed by atoms with Crippen LogP contribution in [0.3, 0.4) is 0 Å². The molecule has 2 nitrogen and oxygen atoms in total. The first-order valence-corrected chi connectivity index (χ1v) is 4.96. The van der Waals surface area contributed by atoms with Crippen molar-refractivity contribution in [2.45, 2.75) is 18.2 Å². The molecule has 66 valence electrons. The van der Waals surface area contributed by atoms with Crippen molar-refractivity contribution < 1.29 is 0 Å². The molecule has 1 atom stereocenters. The second-order valence-electron chi connectivity index (χ2n) is 2.69. The fraction of sp³-hybridized carbons (Fsp3) is 0.444. The minimum Gasteiger partial charge on any atom is -0.398 e. The average molecular weight is 229 g/mol. The van der Waals surface area contributed by atoms with Gasteiger partial charge in [-0.25, -0.2) is 0 Å². The Morgan fingerprint density at radius 2 is 2.58 bits per heavy atom. The Labute approximate surface area is 81.4 Å². The molecule has 1 rings (SSSR count). The number of hydrogen-bond acceptors (Lipinski definition) is 2. The van der Waals surface area contributed by atoms with E-state index < -0.39 is 0 Å². The third-order valence-electron chi connectivity index (χ3n) is 1.70. The number of allylic oxidation sites excluding steroid dienone is 3. The van der Waals surface area contributed by atoms with E-state index in [1.807, 2.05) is 19.2 Å². The minimum atomic E-state index is 0.406. The van der Waals surface area contributed by atoms with Gasteiger partial charge in [-0.2, -0.15) is 0 Å². The largest absolute Gasteiger partial charge is 0.398 e. The van der Waals surface area contributed by atoms with E-state index in [0.717, 1.165) is 24.2 Å². The third-order valence-corrected chi connectivity index (χ3v) is 2.33. The lowest BCUT2D eigenvalue weighted by Gasteiger charge is -2.12. The standard InChI is InChI=1S/C9H13BrN2/c1-2-12-6-7-5-8(10)3-4-9(7)11/h3-4,6,8H,2,5,11H2,1H3. The zero-order valence-corrected chi connectivity index (χ0v) is 8.71. The topological polar surface area (TPSA) is 38.4 Å². The predicted octanol–water partition coefficient (Wildman–Crippen LogP) is 2.01. The van der Waals surface area contributed by atoms with Gasteiger partial charge in [-0.3, -0.25) is 4.99 Å². The monoisotopic (exact) mass is 228 g/mol. The molecular weight excluding hydrogens is 216 g/mol. The maximum atomic E-state index is 5.76. The highest BCUT2D eigenvalue weighted by Gasteiger charge is 2.09. The SMILES string of the molecule is CCN=CC1=C(N)C=CC(Br)C1. The van der Waals surface area contributed by atoms with E-state index in [9.17, 15) is 0 Å². The highest BCUT2D eigenvalue weighted by molar-refractivity contribution is 9.09. The van der Waals surface area contributed by atoms with Gasteiger partial charge in [-0.1, -0.05) is 22.0 Å². The van der Waals surface area contributed by atoms with Crippen LogP contribution in [0.1, 0.15) is 13.3 Å². The molecule has 12 heavy (non-hydrogen) atoms. The van der Waals surface area contributed by atoms with E-state index in [1.54, 1.807) is 0 Å². The summed E-state index contributed by atoms with van der Waals surface area (Å²) in [5, 5.41) is 0. The molecule has 0 bridgehead atoms. The van der Waals surface area contributed by atoms with Crippen LogP contribution in [0.2, 0.25) is 0 Å². The van der Waals surface area contributed by atoms with Crippen molar-refractivity contribution in [1.29, 1.82) is 0 Å². The summed E-state index contributed by atoms with van der Waals surface area (Å²) in [5.74, 6) is 0. The lowest BCUT2D eigenvalue weighted by atomic mass is 10.0. The van der Waals surface area contributed by atoms with Crippen LogP contribution in [0, 0.1) is 0 Å². The number of nitrogens with zero attached hydrogens (tertiary/aromatic N) is 1. The summed E-state index contributed by atoms with van der Waals surface area (Å²) in [6.07, 6.45) is 6.79. The fourth-order valence-corrected chi connectivity index (χ4v) is 1.54. The quantitative estimate of drug-likeness (QED) is 0.570. The van der Waals surface area contributed by atoms with Crippen LogP contribution in [-0.4, -0.2) is 17.6 Å². The maximum absolute atomic E-state index is 5.76. The number of hydrogen-bond donors (Lipinski definition) is 1. The van der Waals surface area contributed by atoms with E-state index in [2.05, 4.69) is 27.0 Å². The van der Waals surface area contributed by atoms with Gasteiger partial charge in [0, 0.05) is 23.3 Å². The Morgan fingerprint density at radius 3 is 3.25 bits per heavy atom. The number of alkyl halides is 1. The lowest BCUT2D eigenvalue weighted by Crippen LogP contribution is -2.10. The van der Waals surface area contributed by atoms with E-state index in [0.29, 0.717) is 4.83 Å². The van der Waals surface area contributed by atoms with Crippen molar-refractivity contribution >= 4 is 22.1 Å². The van der Waals surface area contributed by atoms with Gasteiger partial charge in [-0.15, -0.1) is 0 Å². The third kappa shape index (κ3) is 2.48. The van der Waals surface area contributed by atoms with Crippen molar-refractivity contribution in [3.05, 3.63) is 23.4 Å². The van der Waals surface area contributed by atoms with Crippen LogP contribution >= 0.6 is 15.9 Å². The normalized spacial score (nSPS) is 24.0. The maximum Gasteiger partial charge on any atom is 0.0370 e. The second-order valence-corrected chi connectivity index (χ2v) is 3.86. The molecule has 0 fully saturated rings. The summed E-state index contributed by atoms with van der Waals surface area (Å²) < 4.78 is 0. The van der Waals surface area contributed by atoms with Gasteiger partial charge in [0.15, 0.2) is 0 Å². The van der Waals surface area contributed by atoms with Crippen molar-refractivity contribution in [2.75, 3.05) is 6.54 Å². The van der Waals surface area contributed by atoms with Gasteiger partial charge in [0.1, 0.15) is 0 Å². The van der Waals surface area contributed by atoms with E-state index >= 15 is 0 Å². The minimum absolute atomic E-state index is 0.406. The van der Waals surface area contributed by atoms with Crippen molar-refractivity contribution in [1.82, 2.24) is 0 Å². The highest BCUT2D eigenvalue weighted by atomic mass is 79.9. The molecule has 0 amide bonds. The van der Waals surface area contributed by atoms with E-state index in [4.69, 9.17) is 5.73 Å². The Bertz CT molecular complexity index is 241. The van der Waals surface area contributed by atoms with Crippen LogP contribution in [-0.2, 0) is 0 Å². The molecule has 0 saturated carbocycles. The van der Waals surface area contributed by atoms with Crippen LogP contribution in [0.25, 0.3) is 0 Å². The van der Waals surface area contributed by atoms with Crippen molar-refractivity contribution in [3.8, 4) is 0 Å². The molecule has 0 heterocycles. The van der Waals surface area contributed by atoms with Crippen LogP contribution in [0.15, 0.2) is 28.4 Å². The summed E-state index contributed by atoms with van der Waals surface area (Å²) in [6.45, 7) is 2.82. The molecule has 1 aliphatic rings. The summed E-state index contributed by atoms with van der Waals surface area (Å²) in [7, 11) is 0. The van der Waals surface area contributed by atoms with Crippen molar-refractivity contribution in [3.63, 3.8) is 0 Å². The van der Waals surface area contributed by atoms with Crippen LogP contribution in [0.5, 0.6) is 0 Å². The van der Waals surface area contributed by atoms with Gasteiger partial charge in [0.25, 0.3) is 0 Å². The number of aliphatic imine (C=N–C) groups is 1. The Hall–Kier alpha value is -0.570. The van der Waals surface area contributed by atoms with Gasteiger partial charge < -0.3 is 5.73 Å². The predicted molar refractivity (Wildman–Crippen MR) is 56.7 cm³/mol. The van der Waals surface area contributed by atoms with Gasteiger partial charge in [-0.05, 0) is 25.0 Å². The summed E-state index contributed by atoms with van der Waals surface area (Å²) >= 11 is 3.51. The molecule has 0 aromatic heterocycles. The molecular formula is C9H13BrN2. The second kappa shape index (κ2) is 4.45. The molecule has 0 aromatic rings. The molecule has 1 aliphatic carbocycles. The smallest absolute Gasteiger partial charge is 0.0370 e. The van der Waals surface area contributed by atoms with Gasteiger partial charge in [0.05, 0.1) is 0 Å². The number of nitrogens with two attached hydrogens (primary N) is 1. The molecule has 0 aliphatic heterocycles. The molecule has 1 unspecified atom stereocenters.